The Kier molecular flexibility index (Phi) is 3.98. The van der Waals surface area contributed by atoms with E-state index in [1.54, 1.807) is 18.5 Å². The van der Waals surface area contributed by atoms with E-state index in [-0.39, 0.29) is 24.2 Å². The summed E-state index contributed by atoms with van der Waals surface area (Å²) in [5.41, 5.74) is 0. The first kappa shape index (κ1) is 15.2. The second kappa shape index (κ2) is 6.28. The minimum absolute atomic E-state index is 0.0262. The van der Waals surface area contributed by atoms with Crippen LogP contribution in [0.2, 0.25) is 0 Å². The Morgan fingerprint density at radius 1 is 1.33 bits per heavy atom. The number of hydrogen-bond donors (Lipinski definition) is 0. The summed E-state index contributed by atoms with van der Waals surface area (Å²) in [6.07, 6.45) is 4.96. The van der Waals surface area contributed by atoms with E-state index in [0.29, 0.717) is 18.9 Å². The number of rotatable bonds is 3. The Morgan fingerprint density at radius 3 is 3.00 bits per heavy atom. The first-order chi connectivity index (χ1) is 11.7. The van der Waals surface area contributed by atoms with Gasteiger partial charge in [0.05, 0.1) is 18.8 Å². The summed E-state index contributed by atoms with van der Waals surface area (Å²) in [5.74, 6) is 1.80. The summed E-state index contributed by atoms with van der Waals surface area (Å²) in [4.78, 5) is 18.7. The number of ether oxygens (including phenoxy) is 2. The zero-order chi connectivity index (χ0) is 16.5. The molecule has 0 spiro atoms. The average Bonchev–Trinajstić information content (AvgIpc) is 3.22. The van der Waals surface area contributed by atoms with Crippen LogP contribution in [0.3, 0.4) is 0 Å². The number of hydrogen-bond acceptors (Lipinski definition) is 5. The van der Waals surface area contributed by atoms with Gasteiger partial charge in [-0.25, -0.2) is 0 Å². The summed E-state index contributed by atoms with van der Waals surface area (Å²) in [6.45, 7) is 2.94. The molecule has 0 N–H and O–H groups in total. The molecule has 1 aliphatic carbocycles. The van der Waals surface area contributed by atoms with E-state index in [0.717, 1.165) is 24.4 Å². The lowest BCUT2D eigenvalue weighted by Gasteiger charge is -2.38. The first-order valence-corrected chi connectivity index (χ1v) is 8.28. The van der Waals surface area contributed by atoms with Crippen LogP contribution in [0.5, 0.6) is 5.75 Å². The van der Waals surface area contributed by atoms with E-state index in [4.69, 9.17) is 13.9 Å². The number of furan rings is 1. The van der Waals surface area contributed by atoms with Gasteiger partial charge in [0.15, 0.2) is 5.76 Å². The van der Waals surface area contributed by atoms with Crippen molar-refractivity contribution in [2.45, 2.75) is 38.0 Å². The number of carbonyl (C=O) groups is 1. The number of amides is 1. The van der Waals surface area contributed by atoms with Crippen molar-refractivity contribution < 1.29 is 18.7 Å². The van der Waals surface area contributed by atoms with Crippen LogP contribution >= 0.6 is 0 Å². The van der Waals surface area contributed by atoms with E-state index in [1.165, 1.54) is 0 Å². The van der Waals surface area contributed by atoms with Crippen LogP contribution in [-0.2, 0) is 4.74 Å². The molecule has 0 unspecified atom stereocenters. The predicted molar refractivity (Wildman–Crippen MR) is 85.9 cm³/mol. The van der Waals surface area contributed by atoms with Gasteiger partial charge in [0.2, 0.25) is 0 Å². The molecular formula is C18H20N2O4. The quantitative estimate of drug-likeness (QED) is 0.866. The Hall–Kier alpha value is -2.34. The highest BCUT2D eigenvalue weighted by Crippen LogP contribution is 2.33. The lowest BCUT2D eigenvalue weighted by atomic mass is 10.1. The van der Waals surface area contributed by atoms with Crippen molar-refractivity contribution in [3.63, 3.8) is 0 Å². The third kappa shape index (κ3) is 2.78. The van der Waals surface area contributed by atoms with Gasteiger partial charge in [0, 0.05) is 12.7 Å². The molecule has 1 saturated heterocycles. The molecule has 1 aliphatic heterocycles. The maximum atomic E-state index is 12.7. The molecule has 6 heteroatoms. The second-order valence-electron chi connectivity index (χ2n) is 6.23. The predicted octanol–water partition coefficient (Wildman–Crippen LogP) is 2.43. The molecule has 126 valence electrons. The lowest BCUT2D eigenvalue weighted by Crippen LogP contribution is -2.54. The number of fused-ring (bicyclic) bond motifs is 1. The van der Waals surface area contributed by atoms with Crippen LogP contribution in [0.1, 0.15) is 29.2 Å². The lowest BCUT2D eigenvalue weighted by molar-refractivity contribution is -0.0792. The van der Waals surface area contributed by atoms with Gasteiger partial charge in [-0.15, -0.1) is 0 Å². The molecule has 2 fully saturated rings. The topological polar surface area (TPSA) is 64.8 Å². The van der Waals surface area contributed by atoms with Gasteiger partial charge in [0.1, 0.15) is 23.7 Å². The molecule has 3 atom stereocenters. The maximum absolute atomic E-state index is 12.7. The van der Waals surface area contributed by atoms with Crippen molar-refractivity contribution >= 4 is 5.91 Å². The van der Waals surface area contributed by atoms with Crippen molar-refractivity contribution in [2.75, 3.05) is 13.2 Å². The van der Waals surface area contributed by atoms with Gasteiger partial charge >= 0.3 is 0 Å². The molecule has 2 aromatic heterocycles. The van der Waals surface area contributed by atoms with Crippen LogP contribution in [0.15, 0.2) is 41.1 Å². The van der Waals surface area contributed by atoms with Crippen molar-refractivity contribution in [1.82, 2.24) is 9.88 Å². The minimum Gasteiger partial charge on any atom is -0.486 e. The fraction of sp³-hybridized carbons (Fsp3) is 0.444. The largest absolute Gasteiger partial charge is 0.486 e. The fourth-order valence-corrected chi connectivity index (χ4v) is 3.58. The second-order valence-corrected chi connectivity index (χ2v) is 6.23. The summed E-state index contributed by atoms with van der Waals surface area (Å²) in [5, 5.41) is 0. The highest BCUT2D eigenvalue weighted by molar-refractivity contribution is 5.92. The zero-order valence-electron chi connectivity index (χ0n) is 13.6. The monoisotopic (exact) mass is 328 g/mol. The molecule has 0 radical (unpaired) electrons. The number of carbonyl (C=O) groups excluding carboxylic acids is 1. The molecular weight excluding hydrogens is 308 g/mol. The molecule has 0 aromatic carbocycles. The molecule has 4 rings (SSSR count). The number of nitrogens with zero attached hydrogens (tertiary/aromatic N) is 2. The Labute approximate surface area is 140 Å². The highest BCUT2D eigenvalue weighted by atomic mass is 16.5. The van der Waals surface area contributed by atoms with E-state index in [1.807, 2.05) is 30.0 Å². The van der Waals surface area contributed by atoms with E-state index < -0.39 is 0 Å². The molecule has 6 nitrogen and oxygen atoms in total. The van der Waals surface area contributed by atoms with Gasteiger partial charge in [-0.1, -0.05) is 0 Å². The third-order valence-electron chi connectivity index (χ3n) is 4.67. The van der Waals surface area contributed by atoms with Gasteiger partial charge < -0.3 is 18.8 Å². The smallest absolute Gasteiger partial charge is 0.289 e. The van der Waals surface area contributed by atoms with E-state index in [9.17, 15) is 4.79 Å². The minimum atomic E-state index is -0.112. The average molecular weight is 328 g/mol. The van der Waals surface area contributed by atoms with Crippen molar-refractivity contribution in [3.05, 3.63) is 48.2 Å². The summed E-state index contributed by atoms with van der Waals surface area (Å²) >= 11 is 0. The molecule has 24 heavy (non-hydrogen) atoms. The van der Waals surface area contributed by atoms with Gasteiger partial charge in [0.25, 0.3) is 5.91 Å². The van der Waals surface area contributed by atoms with E-state index in [2.05, 4.69) is 4.98 Å². The number of aromatic nitrogens is 1. The van der Waals surface area contributed by atoms with Gasteiger partial charge in [-0.05, 0) is 44.0 Å². The Morgan fingerprint density at radius 2 is 2.25 bits per heavy atom. The standard InChI is InChI=1S/C18H20N2O4/c1-12-4-6-16(23-12)18(21)20-9-10-22-17-14(20)5-7-15(17)24-13-3-2-8-19-11-13/h2-4,6,8,11,14-15,17H,5,7,9-10H2,1H3/t14-,15-,17+/m1/s1. The van der Waals surface area contributed by atoms with Gasteiger partial charge in [-0.3, -0.25) is 9.78 Å². The Bertz CT molecular complexity index is 715. The van der Waals surface area contributed by atoms with Crippen LogP contribution in [-0.4, -0.2) is 47.2 Å². The molecule has 2 aliphatic rings. The van der Waals surface area contributed by atoms with Crippen molar-refractivity contribution in [1.29, 1.82) is 0 Å². The van der Waals surface area contributed by atoms with Crippen LogP contribution in [0, 0.1) is 6.92 Å². The van der Waals surface area contributed by atoms with Crippen LogP contribution in [0.25, 0.3) is 0 Å². The SMILES string of the molecule is Cc1ccc(C(=O)N2CCO[C@H]3[C@H]2CC[C@H]3Oc2cccnc2)o1. The van der Waals surface area contributed by atoms with E-state index >= 15 is 0 Å². The molecule has 0 bridgehead atoms. The molecule has 1 saturated carbocycles. The fourth-order valence-electron chi connectivity index (χ4n) is 3.58. The van der Waals surface area contributed by atoms with Gasteiger partial charge in [-0.2, -0.15) is 0 Å². The maximum Gasteiger partial charge on any atom is 0.289 e. The molecule has 2 aromatic rings. The van der Waals surface area contributed by atoms with Crippen LogP contribution < -0.4 is 4.74 Å². The normalized spacial score (nSPS) is 26.2. The van der Waals surface area contributed by atoms with Crippen molar-refractivity contribution in [3.8, 4) is 5.75 Å². The number of morpholine rings is 1. The Balaban J connectivity index is 1.49. The summed E-state index contributed by atoms with van der Waals surface area (Å²) < 4.78 is 17.5. The first-order valence-electron chi connectivity index (χ1n) is 8.28. The summed E-state index contributed by atoms with van der Waals surface area (Å²) in [6, 6.07) is 7.31. The zero-order valence-corrected chi connectivity index (χ0v) is 13.6. The van der Waals surface area contributed by atoms with Crippen molar-refractivity contribution in [2.24, 2.45) is 0 Å². The molecule has 1 amide bonds. The third-order valence-corrected chi connectivity index (χ3v) is 4.67. The molecule has 3 heterocycles. The van der Waals surface area contributed by atoms with Crippen LogP contribution in [0.4, 0.5) is 0 Å². The number of aryl methyl sites for hydroxylation is 1. The summed E-state index contributed by atoms with van der Waals surface area (Å²) in [7, 11) is 0. The number of pyridine rings is 1. The highest BCUT2D eigenvalue weighted by Gasteiger charge is 2.46.